The molecule has 1 atom stereocenters. The number of carbonyl (C=O) groups is 1. The molecule has 1 aliphatic heterocycles. The maximum absolute atomic E-state index is 13.2. The zero-order chi connectivity index (χ0) is 18.9. The summed E-state index contributed by atoms with van der Waals surface area (Å²) in [6.45, 7) is 0. The van der Waals surface area contributed by atoms with E-state index in [1.54, 1.807) is 30.3 Å². The average Bonchev–Trinajstić information content (AvgIpc) is 3.01. The number of methoxy groups -OCH3 is 1. The van der Waals surface area contributed by atoms with Gasteiger partial charge in [0.1, 0.15) is 11.5 Å². The molecule has 0 saturated heterocycles. The minimum Gasteiger partial charge on any atom is -0.496 e. The number of nitrogens with zero attached hydrogens (tertiary/aromatic N) is 2. The summed E-state index contributed by atoms with van der Waals surface area (Å²) in [5.41, 5.74) is -3.35. The zero-order valence-electron chi connectivity index (χ0n) is 13.7. The van der Waals surface area contributed by atoms with Crippen LogP contribution in [0.25, 0.3) is 0 Å². The fourth-order valence-electron chi connectivity index (χ4n) is 2.78. The minimum atomic E-state index is -4.77. The van der Waals surface area contributed by atoms with E-state index in [1.165, 1.54) is 31.4 Å². The van der Waals surface area contributed by atoms with Gasteiger partial charge in [0.05, 0.1) is 19.1 Å². The van der Waals surface area contributed by atoms with Crippen LogP contribution < -0.4 is 4.74 Å². The summed E-state index contributed by atoms with van der Waals surface area (Å²) in [4.78, 5) is 12.9. The van der Waals surface area contributed by atoms with Gasteiger partial charge in [-0.05, 0) is 12.1 Å². The predicted molar refractivity (Wildman–Crippen MR) is 87.6 cm³/mol. The van der Waals surface area contributed by atoms with Gasteiger partial charge in [0.2, 0.25) is 0 Å². The van der Waals surface area contributed by atoms with Crippen LogP contribution in [0.5, 0.6) is 5.75 Å². The smallest absolute Gasteiger partial charge is 0.431 e. The molecule has 0 fully saturated rings. The third-order valence-electron chi connectivity index (χ3n) is 4.08. The topological polar surface area (TPSA) is 62.1 Å². The molecule has 26 heavy (non-hydrogen) atoms. The molecule has 1 unspecified atom stereocenters. The Labute approximate surface area is 147 Å². The number of benzene rings is 2. The lowest BCUT2D eigenvalue weighted by atomic mass is 9.96. The van der Waals surface area contributed by atoms with Crippen molar-refractivity contribution in [3.05, 3.63) is 65.7 Å². The van der Waals surface area contributed by atoms with Gasteiger partial charge in [-0.15, -0.1) is 0 Å². The summed E-state index contributed by atoms with van der Waals surface area (Å²) in [6, 6.07) is 13.7. The molecule has 3 rings (SSSR count). The van der Waals surface area contributed by atoms with Crippen molar-refractivity contribution < 1.29 is 27.8 Å². The molecule has 1 amide bonds. The van der Waals surface area contributed by atoms with Crippen LogP contribution in [0.1, 0.15) is 22.3 Å². The van der Waals surface area contributed by atoms with E-state index in [0.29, 0.717) is 5.01 Å². The first-order chi connectivity index (χ1) is 12.3. The summed E-state index contributed by atoms with van der Waals surface area (Å²) < 4.78 is 44.7. The van der Waals surface area contributed by atoms with E-state index in [4.69, 9.17) is 4.74 Å². The van der Waals surface area contributed by atoms with E-state index >= 15 is 0 Å². The number of alkyl halides is 3. The van der Waals surface area contributed by atoms with Crippen LogP contribution in [0.15, 0.2) is 59.7 Å². The van der Waals surface area contributed by atoms with Crippen LogP contribution in [-0.2, 0) is 5.72 Å². The number of hydrogen-bond donors (Lipinski definition) is 1. The molecule has 136 valence electrons. The van der Waals surface area contributed by atoms with E-state index in [9.17, 15) is 23.1 Å². The van der Waals surface area contributed by atoms with Crippen molar-refractivity contribution in [1.82, 2.24) is 5.01 Å². The van der Waals surface area contributed by atoms with Crippen molar-refractivity contribution in [3.63, 3.8) is 0 Å². The Hall–Kier alpha value is -2.87. The lowest BCUT2D eigenvalue weighted by Crippen LogP contribution is -2.43. The number of rotatable bonds is 3. The molecule has 5 nitrogen and oxygen atoms in total. The van der Waals surface area contributed by atoms with Crippen LogP contribution >= 0.6 is 0 Å². The number of para-hydroxylation sites is 1. The zero-order valence-corrected chi connectivity index (χ0v) is 13.7. The number of amides is 1. The molecular weight excluding hydrogens is 349 g/mol. The Morgan fingerprint density at radius 3 is 2.38 bits per heavy atom. The molecule has 0 aliphatic carbocycles. The molecule has 0 spiro atoms. The number of hydrazone groups is 1. The van der Waals surface area contributed by atoms with Gasteiger partial charge in [-0.2, -0.15) is 23.3 Å². The molecule has 2 aromatic rings. The predicted octanol–water partition coefficient (Wildman–Crippen LogP) is 3.30. The Morgan fingerprint density at radius 2 is 1.77 bits per heavy atom. The van der Waals surface area contributed by atoms with E-state index in [1.807, 2.05) is 0 Å². The lowest BCUT2D eigenvalue weighted by Gasteiger charge is -2.31. The van der Waals surface area contributed by atoms with Crippen molar-refractivity contribution >= 4 is 11.6 Å². The van der Waals surface area contributed by atoms with Crippen molar-refractivity contribution in [1.29, 1.82) is 0 Å². The van der Waals surface area contributed by atoms with E-state index in [2.05, 4.69) is 5.10 Å². The fraction of sp³-hybridized carbons (Fsp3) is 0.222. The van der Waals surface area contributed by atoms with Crippen molar-refractivity contribution in [2.75, 3.05) is 7.11 Å². The Bertz CT molecular complexity index is 852. The largest absolute Gasteiger partial charge is 0.496 e. The molecule has 1 aliphatic rings. The third-order valence-corrected chi connectivity index (χ3v) is 4.08. The van der Waals surface area contributed by atoms with Crippen molar-refractivity contribution in [2.24, 2.45) is 5.10 Å². The van der Waals surface area contributed by atoms with Crippen LogP contribution in [0, 0.1) is 0 Å². The van der Waals surface area contributed by atoms with E-state index in [-0.39, 0.29) is 16.9 Å². The van der Waals surface area contributed by atoms with Crippen molar-refractivity contribution in [2.45, 2.75) is 18.3 Å². The highest BCUT2D eigenvalue weighted by atomic mass is 19.4. The van der Waals surface area contributed by atoms with Gasteiger partial charge >= 0.3 is 6.18 Å². The summed E-state index contributed by atoms with van der Waals surface area (Å²) in [5, 5.41) is 14.9. The molecule has 0 bridgehead atoms. The maximum Gasteiger partial charge on any atom is 0.431 e. The normalized spacial score (nSPS) is 20.0. The van der Waals surface area contributed by atoms with Crippen LogP contribution in [0.2, 0.25) is 0 Å². The van der Waals surface area contributed by atoms with Gasteiger partial charge in [0.15, 0.2) is 5.72 Å². The molecule has 8 heteroatoms. The van der Waals surface area contributed by atoms with Gasteiger partial charge in [-0.1, -0.05) is 42.5 Å². The van der Waals surface area contributed by atoms with Crippen LogP contribution in [-0.4, -0.2) is 35.0 Å². The fourth-order valence-corrected chi connectivity index (χ4v) is 2.78. The summed E-state index contributed by atoms with van der Waals surface area (Å²) in [5.74, 6) is -0.725. The van der Waals surface area contributed by atoms with Crippen LogP contribution in [0.3, 0.4) is 0 Å². The minimum absolute atomic E-state index is 0.00321. The maximum atomic E-state index is 13.2. The van der Waals surface area contributed by atoms with Gasteiger partial charge in [0, 0.05) is 5.56 Å². The van der Waals surface area contributed by atoms with Gasteiger partial charge in [0.25, 0.3) is 5.91 Å². The Morgan fingerprint density at radius 1 is 1.15 bits per heavy atom. The Kier molecular flexibility index (Phi) is 4.45. The van der Waals surface area contributed by atoms with Crippen molar-refractivity contribution in [3.8, 4) is 5.75 Å². The highest BCUT2D eigenvalue weighted by molar-refractivity contribution is 6.01. The quantitative estimate of drug-likeness (QED) is 0.909. The monoisotopic (exact) mass is 364 g/mol. The first-order valence-corrected chi connectivity index (χ1v) is 7.67. The Balaban J connectivity index is 2.10. The lowest BCUT2D eigenvalue weighted by molar-refractivity contribution is -0.0816. The summed E-state index contributed by atoms with van der Waals surface area (Å²) in [6.07, 6.45) is -5.63. The number of halogens is 3. The average molecular weight is 364 g/mol. The first-order valence-electron chi connectivity index (χ1n) is 7.67. The second-order valence-electron chi connectivity index (χ2n) is 5.72. The molecule has 1 N–H and O–H groups in total. The molecule has 1 heterocycles. The number of aliphatic hydroxyl groups is 1. The standard InChI is InChI=1S/C18H15F3N2O3/c1-26-14-10-6-5-9-13(14)16(24)23-17(25,12-7-3-2-4-8-12)11-15(22-23)18(19,20)21/h2-10,25H,11H2,1H3. The molecule has 2 aromatic carbocycles. The highest BCUT2D eigenvalue weighted by Gasteiger charge is 2.53. The number of carbonyl (C=O) groups excluding carboxylic acids is 1. The third kappa shape index (κ3) is 3.03. The molecule has 0 aromatic heterocycles. The SMILES string of the molecule is COc1ccccc1C(=O)N1N=C(C(F)(F)F)CC1(O)c1ccccc1. The van der Waals surface area contributed by atoms with E-state index < -0.39 is 29.9 Å². The second kappa shape index (κ2) is 6.45. The highest BCUT2D eigenvalue weighted by Crippen LogP contribution is 2.40. The summed E-state index contributed by atoms with van der Waals surface area (Å²) in [7, 11) is 1.34. The van der Waals surface area contributed by atoms with Gasteiger partial charge in [-0.3, -0.25) is 4.79 Å². The molecular formula is C18H15F3N2O3. The molecule has 0 saturated carbocycles. The number of ether oxygens (including phenoxy) is 1. The van der Waals surface area contributed by atoms with Gasteiger partial charge < -0.3 is 9.84 Å². The second-order valence-corrected chi connectivity index (χ2v) is 5.72. The van der Waals surface area contributed by atoms with E-state index in [0.717, 1.165) is 0 Å². The number of hydrogen-bond acceptors (Lipinski definition) is 4. The van der Waals surface area contributed by atoms with Gasteiger partial charge in [-0.25, -0.2) is 0 Å². The summed E-state index contributed by atoms with van der Waals surface area (Å²) >= 11 is 0. The van der Waals surface area contributed by atoms with Crippen LogP contribution in [0.4, 0.5) is 13.2 Å². The molecule has 0 radical (unpaired) electrons. The first kappa shape index (κ1) is 17.9.